The number of hydrogen-bond donors (Lipinski definition) is 0. The lowest BCUT2D eigenvalue weighted by atomic mass is 9.99. The number of likely N-dealkylation sites (tertiary alicyclic amines) is 1. The molecule has 1 aliphatic rings. The molecule has 1 heterocycles. The van der Waals surface area contributed by atoms with Gasteiger partial charge >= 0.3 is 6.09 Å². The minimum atomic E-state index is -0.442. The smallest absolute Gasteiger partial charge is 0.410 e. The first-order valence-electron chi connectivity index (χ1n) is 8.62. The summed E-state index contributed by atoms with van der Waals surface area (Å²) in [5.41, 5.74) is 0.888. The lowest BCUT2D eigenvalue weighted by Gasteiger charge is -2.39. The highest BCUT2D eigenvalue weighted by molar-refractivity contribution is 9.10. The van der Waals surface area contributed by atoms with Gasteiger partial charge in [-0.05, 0) is 58.2 Å². The molecule has 0 aliphatic carbocycles. The van der Waals surface area contributed by atoms with E-state index < -0.39 is 5.60 Å². The van der Waals surface area contributed by atoms with Crippen LogP contribution in [0.25, 0.3) is 0 Å². The molecule has 0 bridgehead atoms. The van der Waals surface area contributed by atoms with Crippen molar-refractivity contribution in [3.8, 4) is 0 Å². The third-order valence-corrected chi connectivity index (χ3v) is 5.16. The normalized spacial score (nSPS) is 18.2. The van der Waals surface area contributed by atoms with Crippen LogP contribution < -0.4 is 0 Å². The van der Waals surface area contributed by atoms with E-state index in [2.05, 4.69) is 52.0 Å². The Morgan fingerprint density at radius 1 is 1.25 bits per heavy atom. The van der Waals surface area contributed by atoms with E-state index in [1.165, 1.54) is 5.56 Å². The van der Waals surface area contributed by atoms with E-state index in [0.29, 0.717) is 6.04 Å². The Labute approximate surface area is 154 Å². The van der Waals surface area contributed by atoms with Gasteiger partial charge in [-0.1, -0.05) is 28.1 Å². The second-order valence-electron chi connectivity index (χ2n) is 7.59. The van der Waals surface area contributed by atoms with Crippen LogP contribution in [0.2, 0.25) is 0 Å². The Bertz CT molecular complexity index is 545. The third kappa shape index (κ3) is 5.21. The van der Waals surface area contributed by atoms with Gasteiger partial charge in [-0.15, -0.1) is 0 Å². The zero-order chi connectivity index (χ0) is 17.9. The predicted molar refractivity (Wildman–Crippen MR) is 101 cm³/mol. The van der Waals surface area contributed by atoms with Gasteiger partial charge in [0, 0.05) is 36.7 Å². The summed E-state index contributed by atoms with van der Waals surface area (Å²) in [6.45, 7) is 9.95. The van der Waals surface area contributed by atoms with E-state index >= 15 is 0 Å². The lowest BCUT2D eigenvalue weighted by molar-refractivity contribution is 0.0134. The fraction of sp³-hybridized carbons (Fsp3) is 0.632. The van der Waals surface area contributed by atoms with E-state index in [1.54, 1.807) is 4.90 Å². The van der Waals surface area contributed by atoms with E-state index in [4.69, 9.17) is 4.74 Å². The summed E-state index contributed by atoms with van der Waals surface area (Å²) in [7, 11) is 1.85. The van der Waals surface area contributed by atoms with Crippen LogP contribution in [-0.2, 0) is 4.74 Å². The summed E-state index contributed by atoms with van der Waals surface area (Å²) in [5, 5.41) is 0. The molecule has 24 heavy (non-hydrogen) atoms. The molecule has 1 aromatic carbocycles. The van der Waals surface area contributed by atoms with Crippen LogP contribution in [-0.4, -0.2) is 47.7 Å². The van der Waals surface area contributed by atoms with E-state index in [9.17, 15) is 4.79 Å². The molecule has 1 fully saturated rings. The molecule has 5 heteroatoms. The van der Waals surface area contributed by atoms with Gasteiger partial charge in [0.15, 0.2) is 0 Å². The maximum absolute atomic E-state index is 12.2. The summed E-state index contributed by atoms with van der Waals surface area (Å²) in [5.74, 6) is 0. The molecule has 2 rings (SSSR count). The van der Waals surface area contributed by atoms with Crippen molar-refractivity contribution in [2.24, 2.45) is 0 Å². The SMILES string of the molecule is CC(c1ccc(Br)cc1)N1CCC(N(C)C(=O)OC(C)(C)C)CC1. The fourth-order valence-corrected chi connectivity index (χ4v) is 3.36. The average molecular weight is 397 g/mol. The number of ether oxygens (including phenoxy) is 1. The molecule has 1 amide bonds. The first-order chi connectivity index (χ1) is 11.2. The standard InChI is InChI=1S/C19H29BrN2O2/c1-14(15-6-8-16(20)9-7-15)22-12-10-17(11-13-22)21(5)18(23)24-19(2,3)4/h6-9,14,17H,10-13H2,1-5H3. The molecule has 1 aliphatic heterocycles. The number of carbonyl (C=O) groups is 1. The molecule has 4 nitrogen and oxygen atoms in total. The highest BCUT2D eigenvalue weighted by Crippen LogP contribution is 2.27. The second-order valence-corrected chi connectivity index (χ2v) is 8.50. The van der Waals surface area contributed by atoms with Gasteiger partial charge in [0.1, 0.15) is 5.60 Å². The Balaban J connectivity index is 1.88. The van der Waals surface area contributed by atoms with Crippen molar-refractivity contribution < 1.29 is 9.53 Å². The average Bonchev–Trinajstić information content (AvgIpc) is 2.53. The Morgan fingerprint density at radius 2 is 1.79 bits per heavy atom. The number of nitrogens with zero attached hydrogens (tertiary/aromatic N) is 2. The molecule has 0 saturated carbocycles. The number of halogens is 1. The highest BCUT2D eigenvalue weighted by atomic mass is 79.9. The first kappa shape index (κ1) is 19.3. The van der Waals surface area contributed by atoms with Gasteiger partial charge in [0.2, 0.25) is 0 Å². The molecule has 1 saturated heterocycles. The molecule has 0 N–H and O–H groups in total. The molecule has 1 unspecified atom stereocenters. The van der Waals surface area contributed by atoms with Crippen LogP contribution in [0, 0.1) is 0 Å². The van der Waals surface area contributed by atoms with Gasteiger partial charge in [-0.3, -0.25) is 4.90 Å². The van der Waals surface area contributed by atoms with Gasteiger partial charge in [-0.25, -0.2) is 4.79 Å². The van der Waals surface area contributed by atoms with Crippen LogP contribution in [0.3, 0.4) is 0 Å². The quantitative estimate of drug-likeness (QED) is 0.732. The number of amides is 1. The van der Waals surface area contributed by atoms with E-state index in [0.717, 1.165) is 30.4 Å². The molecule has 134 valence electrons. The maximum atomic E-state index is 12.2. The zero-order valence-electron chi connectivity index (χ0n) is 15.4. The number of rotatable bonds is 3. The summed E-state index contributed by atoms with van der Waals surface area (Å²) in [4.78, 5) is 16.5. The van der Waals surface area contributed by atoms with Crippen molar-refractivity contribution in [3.05, 3.63) is 34.3 Å². The first-order valence-corrected chi connectivity index (χ1v) is 9.42. The summed E-state index contributed by atoms with van der Waals surface area (Å²) >= 11 is 3.49. The molecular weight excluding hydrogens is 368 g/mol. The van der Waals surface area contributed by atoms with Crippen molar-refractivity contribution in [2.45, 2.75) is 58.2 Å². The van der Waals surface area contributed by atoms with Crippen LogP contribution in [0.15, 0.2) is 28.7 Å². The van der Waals surface area contributed by atoms with E-state index in [1.807, 2.05) is 27.8 Å². The number of benzene rings is 1. The minimum Gasteiger partial charge on any atom is -0.444 e. The number of piperidine rings is 1. The fourth-order valence-electron chi connectivity index (χ4n) is 3.10. The van der Waals surface area contributed by atoms with E-state index in [-0.39, 0.29) is 12.1 Å². The molecular formula is C19H29BrN2O2. The topological polar surface area (TPSA) is 32.8 Å². The van der Waals surface area contributed by atoms with Crippen LogP contribution in [0.4, 0.5) is 4.79 Å². The summed E-state index contributed by atoms with van der Waals surface area (Å²) in [6.07, 6.45) is 1.75. The Morgan fingerprint density at radius 3 is 2.29 bits per heavy atom. The second kappa shape index (κ2) is 7.87. The molecule has 0 radical (unpaired) electrons. The van der Waals surface area contributed by atoms with Crippen molar-refractivity contribution in [3.63, 3.8) is 0 Å². The number of carbonyl (C=O) groups excluding carboxylic acids is 1. The largest absolute Gasteiger partial charge is 0.444 e. The minimum absolute atomic E-state index is 0.220. The molecule has 1 aromatic rings. The van der Waals surface area contributed by atoms with Gasteiger partial charge in [0.05, 0.1) is 0 Å². The van der Waals surface area contributed by atoms with Crippen molar-refractivity contribution in [2.75, 3.05) is 20.1 Å². The summed E-state index contributed by atoms with van der Waals surface area (Å²) < 4.78 is 6.58. The Kier molecular flexibility index (Phi) is 6.32. The zero-order valence-corrected chi connectivity index (χ0v) is 17.0. The Hall–Kier alpha value is -1.07. The molecule has 0 spiro atoms. The molecule has 1 atom stereocenters. The third-order valence-electron chi connectivity index (χ3n) is 4.63. The molecule has 0 aromatic heterocycles. The van der Waals surface area contributed by atoms with Crippen LogP contribution >= 0.6 is 15.9 Å². The monoisotopic (exact) mass is 396 g/mol. The van der Waals surface area contributed by atoms with Crippen LogP contribution in [0.5, 0.6) is 0 Å². The van der Waals surface area contributed by atoms with Gasteiger partial charge < -0.3 is 9.64 Å². The summed E-state index contributed by atoms with van der Waals surface area (Å²) in [6, 6.07) is 9.18. The van der Waals surface area contributed by atoms with Crippen molar-refractivity contribution in [1.29, 1.82) is 0 Å². The predicted octanol–water partition coefficient (Wildman–Crippen LogP) is 4.84. The van der Waals surface area contributed by atoms with Crippen molar-refractivity contribution in [1.82, 2.24) is 9.80 Å². The van der Waals surface area contributed by atoms with Crippen LogP contribution in [0.1, 0.15) is 52.1 Å². The van der Waals surface area contributed by atoms with Gasteiger partial charge in [-0.2, -0.15) is 0 Å². The number of hydrogen-bond acceptors (Lipinski definition) is 3. The van der Waals surface area contributed by atoms with Gasteiger partial charge in [0.25, 0.3) is 0 Å². The lowest BCUT2D eigenvalue weighted by Crippen LogP contribution is -2.47. The highest BCUT2D eigenvalue weighted by Gasteiger charge is 2.30. The maximum Gasteiger partial charge on any atom is 0.410 e. The van der Waals surface area contributed by atoms with Crippen molar-refractivity contribution >= 4 is 22.0 Å².